The zero-order valence-electron chi connectivity index (χ0n) is 18.7. The maximum atomic E-state index is 6.23. The molecule has 0 aromatic carbocycles. The number of likely N-dealkylation sites (tertiary alicyclic amines) is 1. The summed E-state index contributed by atoms with van der Waals surface area (Å²) in [5.41, 5.74) is 0.905. The van der Waals surface area contributed by atoms with Gasteiger partial charge in [0.1, 0.15) is 5.82 Å². The summed E-state index contributed by atoms with van der Waals surface area (Å²) in [4.78, 5) is 7.28. The number of nitrogens with one attached hydrogen (secondary N) is 1. The normalized spacial score (nSPS) is 18.5. The van der Waals surface area contributed by atoms with Crippen LogP contribution in [-0.4, -0.2) is 64.3 Å². The molecular weight excluding hydrogens is 503 g/mol. The lowest BCUT2D eigenvalue weighted by molar-refractivity contribution is 0.00102. The van der Waals surface area contributed by atoms with Crippen LogP contribution in [0.25, 0.3) is 5.65 Å². The van der Waals surface area contributed by atoms with Crippen LogP contribution in [0.15, 0.2) is 29.4 Å². The summed E-state index contributed by atoms with van der Waals surface area (Å²) >= 11 is 0. The van der Waals surface area contributed by atoms with E-state index in [-0.39, 0.29) is 24.0 Å². The van der Waals surface area contributed by atoms with Crippen molar-refractivity contribution in [2.45, 2.75) is 64.4 Å². The van der Waals surface area contributed by atoms with E-state index in [1.54, 1.807) is 0 Å². The molecule has 0 atom stereocenters. The summed E-state index contributed by atoms with van der Waals surface area (Å²) in [6.07, 6.45) is 12.0. The number of hydrogen-bond donors (Lipinski definition) is 1. The standard InChI is InChI=1S/C23H36N6O.HI/c1-2-24-23(25-14-7-11-22-27-26-21-10-5-6-15-29(21)22)28-16-12-20(13-17-28)30-18-19-8-3-4-9-19;/h5-6,10,15,19-20H,2-4,7-9,11-14,16-18H2,1H3,(H,24,25);1H. The number of pyridine rings is 1. The lowest BCUT2D eigenvalue weighted by atomic mass is 10.1. The highest BCUT2D eigenvalue weighted by atomic mass is 127. The molecule has 8 heteroatoms. The Bertz CT molecular complexity index is 811. The highest BCUT2D eigenvalue weighted by molar-refractivity contribution is 14.0. The highest BCUT2D eigenvalue weighted by Gasteiger charge is 2.23. The number of halogens is 1. The van der Waals surface area contributed by atoms with Crippen molar-refractivity contribution < 1.29 is 4.74 Å². The largest absolute Gasteiger partial charge is 0.378 e. The van der Waals surface area contributed by atoms with Gasteiger partial charge in [0.2, 0.25) is 0 Å². The average molecular weight is 540 g/mol. The van der Waals surface area contributed by atoms with E-state index in [0.717, 1.165) is 81.8 Å². The van der Waals surface area contributed by atoms with Gasteiger partial charge in [-0.15, -0.1) is 34.2 Å². The number of ether oxygens (including phenoxy) is 1. The zero-order chi connectivity index (χ0) is 20.6. The Morgan fingerprint density at radius 2 is 1.97 bits per heavy atom. The first kappa shape index (κ1) is 24.2. The van der Waals surface area contributed by atoms with Crippen LogP contribution in [-0.2, 0) is 11.2 Å². The Hall–Kier alpha value is -1.42. The van der Waals surface area contributed by atoms with Gasteiger partial charge in [0, 0.05) is 45.4 Å². The summed E-state index contributed by atoms with van der Waals surface area (Å²) in [5.74, 6) is 2.85. The zero-order valence-corrected chi connectivity index (χ0v) is 21.0. The predicted octanol–water partition coefficient (Wildman–Crippen LogP) is 3.92. The van der Waals surface area contributed by atoms with E-state index in [0.29, 0.717) is 6.10 Å². The van der Waals surface area contributed by atoms with Gasteiger partial charge in [-0.25, -0.2) is 0 Å². The van der Waals surface area contributed by atoms with Gasteiger partial charge >= 0.3 is 0 Å². The fourth-order valence-corrected chi connectivity index (χ4v) is 4.59. The second kappa shape index (κ2) is 12.6. The van der Waals surface area contributed by atoms with Crippen LogP contribution in [0.3, 0.4) is 0 Å². The minimum absolute atomic E-state index is 0. The molecule has 0 unspecified atom stereocenters. The van der Waals surface area contributed by atoms with E-state index in [1.807, 2.05) is 24.4 Å². The van der Waals surface area contributed by atoms with Gasteiger partial charge in [0.15, 0.2) is 11.6 Å². The van der Waals surface area contributed by atoms with Crippen LogP contribution in [0.2, 0.25) is 0 Å². The number of aryl methyl sites for hydroxylation is 1. The maximum absolute atomic E-state index is 6.23. The molecule has 1 N–H and O–H groups in total. The summed E-state index contributed by atoms with van der Waals surface area (Å²) in [6.45, 7) is 6.84. The summed E-state index contributed by atoms with van der Waals surface area (Å²) < 4.78 is 8.29. The molecule has 172 valence electrons. The molecule has 2 aliphatic rings. The second-order valence-electron chi connectivity index (χ2n) is 8.55. The van der Waals surface area contributed by atoms with Gasteiger partial charge < -0.3 is 15.0 Å². The molecule has 2 aromatic rings. The van der Waals surface area contributed by atoms with Crippen molar-refractivity contribution in [3.63, 3.8) is 0 Å². The minimum Gasteiger partial charge on any atom is -0.378 e. The number of hydrogen-bond acceptors (Lipinski definition) is 4. The molecule has 3 heterocycles. The number of rotatable bonds is 8. The van der Waals surface area contributed by atoms with Gasteiger partial charge in [-0.3, -0.25) is 9.39 Å². The van der Waals surface area contributed by atoms with Gasteiger partial charge in [-0.1, -0.05) is 18.9 Å². The minimum atomic E-state index is 0. The van der Waals surface area contributed by atoms with Crippen LogP contribution in [0.4, 0.5) is 0 Å². The topological polar surface area (TPSA) is 67.0 Å². The van der Waals surface area contributed by atoms with Crippen LogP contribution < -0.4 is 5.32 Å². The van der Waals surface area contributed by atoms with Crippen molar-refractivity contribution in [3.8, 4) is 0 Å². The van der Waals surface area contributed by atoms with E-state index in [2.05, 4.69) is 31.7 Å². The number of guanidine groups is 1. The van der Waals surface area contributed by atoms with E-state index in [1.165, 1.54) is 25.7 Å². The van der Waals surface area contributed by atoms with E-state index in [4.69, 9.17) is 9.73 Å². The second-order valence-corrected chi connectivity index (χ2v) is 8.55. The summed E-state index contributed by atoms with van der Waals surface area (Å²) in [7, 11) is 0. The Labute approximate surface area is 203 Å². The monoisotopic (exact) mass is 540 g/mol. The maximum Gasteiger partial charge on any atom is 0.193 e. The quantitative estimate of drug-likeness (QED) is 0.238. The van der Waals surface area contributed by atoms with Crippen molar-refractivity contribution in [1.82, 2.24) is 24.8 Å². The smallest absolute Gasteiger partial charge is 0.193 e. The molecule has 1 saturated heterocycles. The van der Waals surface area contributed by atoms with Gasteiger partial charge in [-0.05, 0) is 57.1 Å². The Morgan fingerprint density at radius 3 is 2.74 bits per heavy atom. The van der Waals surface area contributed by atoms with Crippen molar-refractivity contribution >= 4 is 35.6 Å². The molecule has 1 saturated carbocycles. The van der Waals surface area contributed by atoms with Crippen molar-refractivity contribution in [2.24, 2.45) is 10.9 Å². The molecule has 0 radical (unpaired) electrons. The van der Waals surface area contributed by atoms with Crippen molar-refractivity contribution in [1.29, 1.82) is 0 Å². The highest BCUT2D eigenvalue weighted by Crippen LogP contribution is 2.26. The Morgan fingerprint density at radius 1 is 1.16 bits per heavy atom. The van der Waals surface area contributed by atoms with E-state index < -0.39 is 0 Å². The molecule has 2 aromatic heterocycles. The molecule has 4 rings (SSSR count). The lowest BCUT2D eigenvalue weighted by Crippen LogP contribution is -2.47. The SMILES string of the molecule is CCNC(=NCCCc1nnc2ccccn12)N1CCC(OCC2CCCC2)CC1.I. The van der Waals surface area contributed by atoms with E-state index in [9.17, 15) is 0 Å². The molecular formula is C23H37IN6O. The molecule has 1 aliphatic carbocycles. The lowest BCUT2D eigenvalue weighted by Gasteiger charge is -2.34. The molecule has 1 aliphatic heterocycles. The number of aliphatic imine (C=N–C) groups is 1. The first-order valence-electron chi connectivity index (χ1n) is 11.8. The molecule has 2 fully saturated rings. The van der Waals surface area contributed by atoms with Gasteiger partial charge in [0.25, 0.3) is 0 Å². The van der Waals surface area contributed by atoms with Crippen LogP contribution in [0, 0.1) is 5.92 Å². The number of nitrogens with zero attached hydrogens (tertiary/aromatic N) is 5. The third-order valence-electron chi connectivity index (χ3n) is 6.32. The average Bonchev–Trinajstić information content (AvgIpc) is 3.45. The summed E-state index contributed by atoms with van der Waals surface area (Å²) in [5, 5.41) is 12.0. The molecule has 0 amide bonds. The van der Waals surface area contributed by atoms with Crippen LogP contribution >= 0.6 is 24.0 Å². The van der Waals surface area contributed by atoms with Gasteiger partial charge in [-0.2, -0.15) is 0 Å². The predicted molar refractivity (Wildman–Crippen MR) is 135 cm³/mol. The molecule has 0 spiro atoms. The van der Waals surface area contributed by atoms with Crippen LogP contribution in [0.1, 0.15) is 57.7 Å². The van der Waals surface area contributed by atoms with Crippen LogP contribution in [0.5, 0.6) is 0 Å². The third kappa shape index (κ3) is 6.78. The van der Waals surface area contributed by atoms with Crippen molar-refractivity contribution in [3.05, 3.63) is 30.2 Å². The molecule has 0 bridgehead atoms. The third-order valence-corrected chi connectivity index (χ3v) is 6.32. The number of aromatic nitrogens is 3. The number of piperidine rings is 1. The first-order chi connectivity index (χ1) is 14.8. The first-order valence-corrected chi connectivity index (χ1v) is 11.8. The Balaban J connectivity index is 0.00000272. The van der Waals surface area contributed by atoms with Gasteiger partial charge in [0.05, 0.1) is 6.10 Å². The molecule has 31 heavy (non-hydrogen) atoms. The molecule has 7 nitrogen and oxygen atoms in total. The van der Waals surface area contributed by atoms with E-state index >= 15 is 0 Å². The summed E-state index contributed by atoms with van der Waals surface area (Å²) in [6, 6.07) is 5.99. The van der Waals surface area contributed by atoms with Crippen molar-refractivity contribution in [2.75, 3.05) is 32.8 Å². The fourth-order valence-electron chi connectivity index (χ4n) is 4.59. The number of fused-ring (bicyclic) bond motifs is 1. The fraction of sp³-hybridized carbons (Fsp3) is 0.696. The Kier molecular flexibility index (Phi) is 9.83.